The van der Waals surface area contributed by atoms with Gasteiger partial charge in [-0.3, -0.25) is 4.98 Å². The number of hydrogen-bond acceptors (Lipinski definition) is 2. The van der Waals surface area contributed by atoms with Gasteiger partial charge in [-0.05, 0) is 29.8 Å². The molecular weight excluding hydrogens is 259 g/mol. The molecule has 0 atom stereocenters. The Balaban J connectivity index is 2.14. The predicted octanol–water partition coefficient (Wildman–Crippen LogP) is 2.92. The molecule has 1 N–H and O–H groups in total. The van der Waals surface area contributed by atoms with Crippen LogP contribution in [0.1, 0.15) is 16.1 Å². The van der Waals surface area contributed by atoms with Crippen molar-refractivity contribution in [1.82, 2.24) is 9.55 Å². The number of aromatic nitrogens is 2. The van der Waals surface area contributed by atoms with E-state index in [0.717, 1.165) is 5.39 Å². The van der Waals surface area contributed by atoms with Crippen molar-refractivity contribution in [3.63, 3.8) is 0 Å². The lowest BCUT2D eigenvalue weighted by Crippen LogP contribution is -2.09. The van der Waals surface area contributed by atoms with Crippen LogP contribution in [0, 0.1) is 5.82 Å². The van der Waals surface area contributed by atoms with Gasteiger partial charge in [-0.25, -0.2) is 9.18 Å². The summed E-state index contributed by atoms with van der Waals surface area (Å²) in [5, 5.41) is 10.1. The molecule has 0 fully saturated rings. The molecule has 2 heterocycles. The van der Waals surface area contributed by atoms with Gasteiger partial charge in [0.05, 0.1) is 11.7 Å². The molecule has 4 nitrogen and oxygen atoms in total. The summed E-state index contributed by atoms with van der Waals surface area (Å²) in [5.74, 6) is -1.36. The lowest BCUT2D eigenvalue weighted by Gasteiger charge is -2.08. The van der Waals surface area contributed by atoms with Crippen LogP contribution in [0.25, 0.3) is 10.9 Å². The second-order valence-corrected chi connectivity index (χ2v) is 4.49. The van der Waals surface area contributed by atoms with Crippen LogP contribution in [0.4, 0.5) is 4.39 Å². The largest absolute Gasteiger partial charge is 0.477 e. The zero-order chi connectivity index (χ0) is 14.1. The van der Waals surface area contributed by atoms with Gasteiger partial charge in [-0.1, -0.05) is 12.1 Å². The Morgan fingerprint density at radius 2 is 2.15 bits per heavy atom. The number of carbonyl (C=O) groups is 1. The first kappa shape index (κ1) is 12.3. The van der Waals surface area contributed by atoms with Crippen LogP contribution in [0.5, 0.6) is 0 Å². The molecule has 0 aliphatic carbocycles. The highest BCUT2D eigenvalue weighted by atomic mass is 19.1. The molecule has 0 spiro atoms. The van der Waals surface area contributed by atoms with Crippen LogP contribution in [0.2, 0.25) is 0 Å². The molecule has 0 bridgehead atoms. The predicted molar refractivity (Wildman–Crippen MR) is 72.2 cm³/mol. The van der Waals surface area contributed by atoms with E-state index >= 15 is 0 Å². The fourth-order valence-corrected chi connectivity index (χ4v) is 2.26. The molecule has 0 aliphatic rings. The zero-order valence-corrected chi connectivity index (χ0v) is 10.5. The molecule has 100 valence electrons. The third-order valence-electron chi connectivity index (χ3n) is 3.16. The van der Waals surface area contributed by atoms with E-state index in [2.05, 4.69) is 4.98 Å². The van der Waals surface area contributed by atoms with E-state index in [-0.39, 0.29) is 18.1 Å². The van der Waals surface area contributed by atoms with Crippen LogP contribution in [0.3, 0.4) is 0 Å². The molecule has 0 saturated carbocycles. The van der Waals surface area contributed by atoms with Crippen LogP contribution in [-0.2, 0) is 6.54 Å². The monoisotopic (exact) mass is 270 g/mol. The van der Waals surface area contributed by atoms with Crippen molar-refractivity contribution in [3.8, 4) is 0 Å². The van der Waals surface area contributed by atoms with Gasteiger partial charge < -0.3 is 9.67 Å². The van der Waals surface area contributed by atoms with Crippen molar-refractivity contribution in [2.24, 2.45) is 0 Å². The normalized spacial score (nSPS) is 10.8. The third kappa shape index (κ3) is 2.14. The van der Waals surface area contributed by atoms with Crippen molar-refractivity contribution in [3.05, 3.63) is 65.9 Å². The number of benzene rings is 1. The highest BCUT2D eigenvalue weighted by Gasteiger charge is 2.14. The molecule has 0 unspecified atom stereocenters. The SMILES string of the molecule is O=C(O)c1cc2ccncc2n1Cc1cccc(F)c1. The minimum absolute atomic E-state index is 0.164. The van der Waals surface area contributed by atoms with E-state index in [1.165, 1.54) is 12.1 Å². The Labute approximate surface area is 114 Å². The molecule has 2 aromatic heterocycles. The van der Waals surface area contributed by atoms with Crippen LogP contribution >= 0.6 is 0 Å². The van der Waals surface area contributed by atoms with Gasteiger partial charge in [0.15, 0.2) is 0 Å². The van der Waals surface area contributed by atoms with Gasteiger partial charge in [-0.2, -0.15) is 0 Å². The maximum absolute atomic E-state index is 13.2. The topological polar surface area (TPSA) is 55.1 Å². The summed E-state index contributed by atoms with van der Waals surface area (Å²) in [6, 6.07) is 9.47. The number of hydrogen-bond donors (Lipinski definition) is 1. The van der Waals surface area contributed by atoms with Gasteiger partial charge in [0, 0.05) is 18.1 Å². The summed E-state index contributed by atoms with van der Waals surface area (Å²) in [6.07, 6.45) is 3.22. The highest BCUT2D eigenvalue weighted by Crippen LogP contribution is 2.20. The minimum Gasteiger partial charge on any atom is -0.477 e. The number of pyridine rings is 1. The Morgan fingerprint density at radius 3 is 2.90 bits per heavy atom. The Bertz CT molecular complexity index is 795. The molecule has 0 radical (unpaired) electrons. The molecule has 20 heavy (non-hydrogen) atoms. The lowest BCUT2D eigenvalue weighted by atomic mass is 10.2. The Morgan fingerprint density at radius 1 is 1.30 bits per heavy atom. The van der Waals surface area contributed by atoms with Gasteiger partial charge in [0.25, 0.3) is 0 Å². The van der Waals surface area contributed by atoms with Gasteiger partial charge in [0.1, 0.15) is 11.5 Å². The van der Waals surface area contributed by atoms with Gasteiger partial charge in [0.2, 0.25) is 0 Å². The quantitative estimate of drug-likeness (QED) is 0.796. The standard InChI is InChI=1S/C15H11FN2O2/c16-12-3-1-2-10(6-12)9-18-13(15(19)20)7-11-4-5-17-8-14(11)18/h1-8H,9H2,(H,19,20). The summed E-state index contributed by atoms with van der Waals surface area (Å²) in [5.41, 5.74) is 1.58. The maximum atomic E-state index is 13.2. The first-order chi connectivity index (χ1) is 9.65. The van der Waals surface area contributed by atoms with Crippen LogP contribution in [-0.4, -0.2) is 20.6 Å². The van der Waals surface area contributed by atoms with Crippen LogP contribution in [0.15, 0.2) is 48.8 Å². The maximum Gasteiger partial charge on any atom is 0.352 e. The van der Waals surface area contributed by atoms with E-state index in [4.69, 9.17) is 0 Å². The van der Waals surface area contributed by atoms with Gasteiger partial charge >= 0.3 is 5.97 Å². The second-order valence-electron chi connectivity index (χ2n) is 4.49. The first-order valence-corrected chi connectivity index (χ1v) is 6.06. The van der Waals surface area contributed by atoms with Crippen LogP contribution < -0.4 is 0 Å². The summed E-state index contributed by atoms with van der Waals surface area (Å²) in [7, 11) is 0. The van der Waals surface area contributed by atoms with E-state index in [9.17, 15) is 14.3 Å². The van der Waals surface area contributed by atoms with Crippen molar-refractivity contribution < 1.29 is 14.3 Å². The van der Waals surface area contributed by atoms with Crippen molar-refractivity contribution in [1.29, 1.82) is 0 Å². The smallest absolute Gasteiger partial charge is 0.352 e. The molecule has 1 aromatic carbocycles. The Kier molecular flexibility index (Phi) is 2.95. The summed E-state index contributed by atoms with van der Waals surface area (Å²) < 4.78 is 14.9. The summed E-state index contributed by atoms with van der Waals surface area (Å²) in [4.78, 5) is 15.4. The fourth-order valence-electron chi connectivity index (χ4n) is 2.26. The average Bonchev–Trinajstić information content (AvgIpc) is 2.78. The molecule has 3 rings (SSSR count). The number of carboxylic acids is 1. The summed E-state index contributed by atoms with van der Waals surface area (Å²) >= 11 is 0. The fraction of sp³-hybridized carbons (Fsp3) is 0.0667. The molecule has 0 aliphatic heterocycles. The zero-order valence-electron chi connectivity index (χ0n) is 10.5. The Hall–Kier alpha value is -2.69. The molecule has 5 heteroatoms. The van der Waals surface area contributed by atoms with Crippen molar-refractivity contribution >= 4 is 16.9 Å². The molecular formula is C15H11FN2O2. The van der Waals surface area contributed by atoms with Crippen molar-refractivity contribution in [2.75, 3.05) is 0 Å². The third-order valence-corrected chi connectivity index (χ3v) is 3.16. The molecule has 3 aromatic rings. The number of carboxylic acid groups (broad SMARTS) is 1. The van der Waals surface area contributed by atoms with Crippen molar-refractivity contribution in [2.45, 2.75) is 6.54 Å². The second kappa shape index (κ2) is 4.77. The minimum atomic E-state index is -1.02. The number of aromatic carboxylic acids is 1. The first-order valence-electron chi connectivity index (χ1n) is 6.06. The lowest BCUT2D eigenvalue weighted by molar-refractivity contribution is 0.0686. The van der Waals surface area contributed by atoms with E-state index in [1.807, 2.05) is 0 Å². The van der Waals surface area contributed by atoms with E-state index in [0.29, 0.717) is 11.1 Å². The number of rotatable bonds is 3. The molecule has 0 amide bonds. The number of nitrogens with zero attached hydrogens (tertiary/aromatic N) is 2. The molecule has 0 saturated heterocycles. The highest BCUT2D eigenvalue weighted by molar-refractivity contribution is 5.94. The number of fused-ring (bicyclic) bond motifs is 1. The average molecular weight is 270 g/mol. The van der Waals surface area contributed by atoms with E-state index in [1.54, 1.807) is 41.2 Å². The number of halogens is 1. The summed E-state index contributed by atoms with van der Waals surface area (Å²) in [6.45, 7) is 0.286. The van der Waals surface area contributed by atoms with E-state index < -0.39 is 5.97 Å². The van der Waals surface area contributed by atoms with Gasteiger partial charge in [-0.15, -0.1) is 0 Å².